The highest BCUT2D eigenvalue weighted by Crippen LogP contribution is 2.33. The topological polar surface area (TPSA) is 50.6 Å². The maximum Gasteiger partial charge on any atom is 0.298 e. The Balaban J connectivity index is 1.76. The highest BCUT2D eigenvalue weighted by molar-refractivity contribution is 7.07. The third kappa shape index (κ3) is 4.75. The zero-order valence-electron chi connectivity index (χ0n) is 17.0. The molecular formula is C22H26N4OS. The first-order chi connectivity index (χ1) is 13.5. The van der Waals surface area contributed by atoms with Crippen molar-refractivity contribution in [1.82, 2.24) is 14.3 Å². The van der Waals surface area contributed by atoms with Crippen LogP contribution in [0.25, 0.3) is 0 Å². The van der Waals surface area contributed by atoms with Crippen molar-refractivity contribution in [3.63, 3.8) is 0 Å². The van der Waals surface area contributed by atoms with Crippen molar-refractivity contribution in [3.8, 4) is 10.9 Å². The molecule has 3 aromatic rings. The van der Waals surface area contributed by atoms with Crippen LogP contribution >= 0.6 is 11.5 Å². The number of hydrogen-bond acceptors (Lipinski definition) is 5. The number of aliphatic imine (C=N–C) groups is 1. The average Bonchev–Trinajstić information content (AvgIpc) is 3.17. The minimum absolute atomic E-state index is 0.130. The fourth-order valence-electron chi connectivity index (χ4n) is 2.69. The predicted molar refractivity (Wildman–Crippen MR) is 116 cm³/mol. The molecule has 2 aromatic carbocycles. The standard InChI is InChI=1S/C22H26N4OS/c1-6-26(5)14-23-19-12-16(3)20(13-15(19)2)27-22-24-21(25-28-22)17(4)18-10-8-7-9-11-18/h7-14,17H,6H2,1-5H3. The summed E-state index contributed by atoms with van der Waals surface area (Å²) in [4.78, 5) is 11.2. The van der Waals surface area contributed by atoms with Crippen LogP contribution < -0.4 is 4.74 Å². The van der Waals surface area contributed by atoms with Gasteiger partial charge in [-0.15, -0.1) is 0 Å². The van der Waals surface area contributed by atoms with E-state index in [-0.39, 0.29) is 5.92 Å². The maximum atomic E-state index is 6.04. The van der Waals surface area contributed by atoms with Crippen molar-refractivity contribution < 1.29 is 4.74 Å². The lowest BCUT2D eigenvalue weighted by Crippen LogP contribution is -2.14. The second-order valence-electron chi connectivity index (χ2n) is 6.87. The molecule has 1 unspecified atom stereocenters. The van der Waals surface area contributed by atoms with Crippen molar-refractivity contribution in [1.29, 1.82) is 0 Å². The normalized spacial score (nSPS) is 12.3. The summed E-state index contributed by atoms with van der Waals surface area (Å²) in [7, 11) is 2.01. The van der Waals surface area contributed by atoms with Crippen molar-refractivity contribution >= 4 is 23.6 Å². The number of ether oxygens (including phenoxy) is 1. The number of aromatic nitrogens is 2. The van der Waals surface area contributed by atoms with E-state index < -0.39 is 0 Å². The summed E-state index contributed by atoms with van der Waals surface area (Å²) in [5.41, 5.74) is 4.22. The molecule has 0 spiro atoms. The molecule has 6 heteroatoms. The quantitative estimate of drug-likeness (QED) is 0.380. The fraction of sp³-hybridized carbons (Fsp3) is 0.318. The van der Waals surface area contributed by atoms with Gasteiger partial charge >= 0.3 is 0 Å². The number of rotatable bonds is 7. The average molecular weight is 395 g/mol. The van der Waals surface area contributed by atoms with Gasteiger partial charge in [-0.2, -0.15) is 9.36 Å². The summed E-state index contributed by atoms with van der Waals surface area (Å²) in [5.74, 6) is 1.70. The summed E-state index contributed by atoms with van der Waals surface area (Å²) < 4.78 is 10.5. The van der Waals surface area contributed by atoms with Gasteiger partial charge in [-0.25, -0.2) is 4.99 Å². The molecule has 0 fully saturated rings. The smallest absolute Gasteiger partial charge is 0.298 e. The Hall–Kier alpha value is -2.73. The van der Waals surface area contributed by atoms with Crippen LogP contribution in [0.15, 0.2) is 47.5 Å². The number of benzene rings is 2. The zero-order valence-corrected chi connectivity index (χ0v) is 17.8. The van der Waals surface area contributed by atoms with Gasteiger partial charge in [0, 0.05) is 31.0 Å². The Kier molecular flexibility index (Phi) is 6.41. The Morgan fingerprint density at radius 3 is 2.64 bits per heavy atom. The van der Waals surface area contributed by atoms with Crippen molar-refractivity contribution in [3.05, 3.63) is 65.0 Å². The highest BCUT2D eigenvalue weighted by atomic mass is 32.1. The number of aryl methyl sites for hydroxylation is 2. The molecule has 0 N–H and O–H groups in total. The highest BCUT2D eigenvalue weighted by Gasteiger charge is 2.16. The molecule has 0 amide bonds. The molecule has 1 heterocycles. The van der Waals surface area contributed by atoms with E-state index in [9.17, 15) is 0 Å². The van der Waals surface area contributed by atoms with E-state index in [0.29, 0.717) is 5.19 Å². The van der Waals surface area contributed by atoms with Crippen LogP contribution in [0, 0.1) is 13.8 Å². The van der Waals surface area contributed by atoms with Crippen LogP contribution in [0.2, 0.25) is 0 Å². The molecule has 28 heavy (non-hydrogen) atoms. The van der Waals surface area contributed by atoms with E-state index >= 15 is 0 Å². The number of hydrogen-bond donors (Lipinski definition) is 0. The van der Waals surface area contributed by atoms with E-state index in [1.165, 1.54) is 17.1 Å². The Labute approximate surface area is 170 Å². The van der Waals surface area contributed by atoms with Gasteiger partial charge in [0.15, 0.2) is 5.82 Å². The minimum atomic E-state index is 0.130. The molecular weight excluding hydrogens is 368 g/mol. The SMILES string of the molecule is CCN(C)C=Nc1cc(C)c(Oc2nc(C(C)c3ccccc3)ns2)cc1C. The Bertz CT molecular complexity index is 952. The van der Waals surface area contributed by atoms with Crippen LogP contribution in [0.1, 0.15) is 42.3 Å². The Morgan fingerprint density at radius 1 is 1.18 bits per heavy atom. The molecule has 1 atom stereocenters. The summed E-state index contributed by atoms with van der Waals surface area (Å²) >= 11 is 1.28. The largest absolute Gasteiger partial charge is 0.430 e. The lowest BCUT2D eigenvalue weighted by Gasteiger charge is -2.11. The molecule has 0 aliphatic carbocycles. The van der Waals surface area contributed by atoms with E-state index in [1.807, 2.05) is 62.5 Å². The lowest BCUT2D eigenvalue weighted by atomic mass is 10.0. The van der Waals surface area contributed by atoms with Gasteiger partial charge < -0.3 is 9.64 Å². The van der Waals surface area contributed by atoms with Crippen LogP contribution in [-0.4, -0.2) is 34.2 Å². The third-order valence-electron chi connectivity index (χ3n) is 4.69. The van der Waals surface area contributed by atoms with Gasteiger partial charge in [-0.1, -0.05) is 37.3 Å². The fourth-order valence-corrected chi connectivity index (χ4v) is 3.32. The monoisotopic (exact) mass is 394 g/mol. The Morgan fingerprint density at radius 2 is 1.93 bits per heavy atom. The molecule has 3 rings (SSSR count). The zero-order chi connectivity index (χ0) is 20.1. The predicted octanol–water partition coefficient (Wildman–Crippen LogP) is 5.71. The molecule has 0 saturated carbocycles. The lowest BCUT2D eigenvalue weighted by molar-refractivity contribution is 0.472. The summed E-state index contributed by atoms with van der Waals surface area (Å²) in [6.07, 6.45) is 1.85. The van der Waals surface area contributed by atoms with Crippen LogP contribution in [0.4, 0.5) is 5.69 Å². The summed E-state index contributed by atoms with van der Waals surface area (Å²) in [6, 6.07) is 14.3. The molecule has 0 radical (unpaired) electrons. The van der Waals surface area contributed by atoms with Crippen LogP contribution in [0.5, 0.6) is 10.9 Å². The second-order valence-corrected chi connectivity index (χ2v) is 7.59. The molecule has 0 aliphatic heterocycles. The molecule has 0 aliphatic rings. The van der Waals surface area contributed by atoms with E-state index in [0.717, 1.165) is 34.9 Å². The first-order valence-corrected chi connectivity index (χ1v) is 10.2. The molecule has 5 nitrogen and oxygen atoms in total. The van der Waals surface area contributed by atoms with Crippen molar-refractivity contribution in [2.45, 2.75) is 33.6 Å². The maximum absolute atomic E-state index is 6.04. The molecule has 1 aromatic heterocycles. The number of nitrogens with zero attached hydrogens (tertiary/aromatic N) is 4. The summed E-state index contributed by atoms with van der Waals surface area (Å²) in [6.45, 7) is 9.18. The van der Waals surface area contributed by atoms with Gasteiger partial charge in [0.1, 0.15) is 5.75 Å². The van der Waals surface area contributed by atoms with E-state index in [2.05, 4.69) is 40.3 Å². The van der Waals surface area contributed by atoms with Gasteiger partial charge in [0.25, 0.3) is 5.19 Å². The van der Waals surface area contributed by atoms with E-state index in [4.69, 9.17) is 4.74 Å². The van der Waals surface area contributed by atoms with E-state index in [1.54, 1.807) is 0 Å². The van der Waals surface area contributed by atoms with Crippen molar-refractivity contribution in [2.24, 2.45) is 4.99 Å². The van der Waals surface area contributed by atoms with Gasteiger partial charge in [-0.05, 0) is 49.6 Å². The van der Waals surface area contributed by atoms with Crippen molar-refractivity contribution in [2.75, 3.05) is 13.6 Å². The third-order valence-corrected chi connectivity index (χ3v) is 5.30. The van der Waals surface area contributed by atoms with Crippen LogP contribution in [-0.2, 0) is 0 Å². The molecule has 0 bridgehead atoms. The van der Waals surface area contributed by atoms with Crippen LogP contribution in [0.3, 0.4) is 0 Å². The molecule has 0 saturated heterocycles. The van der Waals surface area contributed by atoms with Gasteiger partial charge in [0.2, 0.25) is 0 Å². The first-order valence-electron chi connectivity index (χ1n) is 9.40. The second kappa shape index (κ2) is 8.97. The summed E-state index contributed by atoms with van der Waals surface area (Å²) in [5, 5.41) is 0.558. The van der Waals surface area contributed by atoms with Gasteiger partial charge in [0.05, 0.1) is 12.0 Å². The van der Waals surface area contributed by atoms with Gasteiger partial charge in [-0.3, -0.25) is 0 Å². The minimum Gasteiger partial charge on any atom is -0.430 e. The first kappa shape index (κ1) is 20.0. The molecule has 146 valence electrons.